The topological polar surface area (TPSA) is 78.9 Å². The van der Waals surface area contributed by atoms with Gasteiger partial charge in [0.1, 0.15) is 13.2 Å². The second kappa shape index (κ2) is 64.4. The van der Waals surface area contributed by atoms with Crippen LogP contribution in [0.4, 0.5) is 0 Å². The Kier molecular flexibility index (Phi) is 62.6. The lowest BCUT2D eigenvalue weighted by Crippen LogP contribution is -2.30. The van der Waals surface area contributed by atoms with Gasteiger partial charge < -0.3 is 14.2 Å². The molecule has 0 aromatic carbocycles. The van der Waals surface area contributed by atoms with Crippen LogP contribution in [0.15, 0.2) is 24.3 Å². The average molecular weight is 1060 g/mol. The van der Waals surface area contributed by atoms with Crippen molar-refractivity contribution in [2.24, 2.45) is 0 Å². The van der Waals surface area contributed by atoms with Crippen molar-refractivity contribution in [1.82, 2.24) is 0 Å². The van der Waals surface area contributed by atoms with Gasteiger partial charge in [-0.1, -0.05) is 315 Å². The van der Waals surface area contributed by atoms with E-state index in [-0.39, 0.29) is 31.1 Å². The average Bonchev–Trinajstić information content (AvgIpc) is 3.41. The monoisotopic (exact) mass is 1050 g/mol. The maximum atomic E-state index is 12.9. The number of carbonyl (C=O) groups is 3. The molecule has 6 nitrogen and oxygen atoms in total. The van der Waals surface area contributed by atoms with Crippen molar-refractivity contribution in [1.29, 1.82) is 0 Å². The fraction of sp³-hybridized carbons (Fsp3) is 0.899. The van der Waals surface area contributed by atoms with Gasteiger partial charge in [0.05, 0.1) is 0 Å². The van der Waals surface area contributed by atoms with Gasteiger partial charge in [0.2, 0.25) is 0 Å². The normalized spacial score (nSPS) is 12.1. The van der Waals surface area contributed by atoms with Gasteiger partial charge in [0.25, 0.3) is 0 Å². The van der Waals surface area contributed by atoms with Crippen LogP contribution in [0, 0.1) is 0 Å². The molecule has 0 saturated carbocycles. The van der Waals surface area contributed by atoms with Gasteiger partial charge in [-0.2, -0.15) is 0 Å². The van der Waals surface area contributed by atoms with E-state index in [1.54, 1.807) is 0 Å². The molecule has 0 aromatic rings. The van der Waals surface area contributed by atoms with Crippen LogP contribution in [-0.4, -0.2) is 37.2 Å². The molecule has 0 aliphatic rings. The van der Waals surface area contributed by atoms with Crippen molar-refractivity contribution < 1.29 is 28.6 Å². The Morgan fingerprint density at radius 3 is 0.667 bits per heavy atom. The van der Waals surface area contributed by atoms with E-state index in [1.165, 1.54) is 270 Å². The summed E-state index contributed by atoms with van der Waals surface area (Å²) in [5.41, 5.74) is 0. The zero-order chi connectivity index (χ0) is 54.3. The summed E-state index contributed by atoms with van der Waals surface area (Å²) >= 11 is 0. The maximum Gasteiger partial charge on any atom is 0.306 e. The fourth-order valence-electron chi connectivity index (χ4n) is 10.3. The number of hydrogen-bond donors (Lipinski definition) is 0. The van der Waals surface area contributed by atoms with Crippen LogP contribution in [0.5, 0.6) is 0 Å². The second-order valence-corrected chi connectivity index (χ2v) is 23.1. The second-order valence-electron chi connectivity index (χ2n) is 23.1. The van der Waals surface area contributed by atoms with E-state index in [0.29, 0.717) is 19.3 Å². The Hall–Kier alpha value is -2.11. The molecule has 1 unspecified atom stereocenters. The predicted molar refractivity (Wildman–Crippen MR) is 326 cm³/mol. The third-order valence-electron chi connectivity index (χ3n) is 15.4. The highest BCUT2D eigenvalue weighted by molar-refractivity contribution is 5.71. The molecule has 0 N–H and O–H groups in total. The lowest BCUT2D eigenvalue weighted by atomic mass is 10.0. The number of ether oxygens (including phenoxy) is 3. The minimum Gasteiger partial charge on any atom is -0.462 e. The number of rotatable bonds is 63. The SMILES string of the molecule is CCCCCCC/C=C\CCCCCCCC(=O)OCC(COC(=O)CCCCCCCCCCCCCCCCCCCCCCCCCCCCCC)OC(=O)CCCCCCC/C=C\CCCCCCCC. The Morgan fingerprint density at radius 1 is 0.253 bits per heavy atom. The Morgan fingerprint density at radius 2 is 0.440 bits per heavy atom. The first kappa shape index (κ1) is 72.9. The van der Waals surface area contributed by atoms with Crippen LogP contribution in [0.25, 0.3) is 0 Å². The fourth-order valence-corrected chi connectivity index (χ4v) is 10.3. The number of allylic oxidation sites excluding steroid dienone is 4. The molecule has 0 rings (SSSR count). The molecule has 6 heteroatoms. The van der Waals surface area contributed by atoms with E-state index in [1.807, 2.05) is 0 Å². The van der Waals surface area contributed by atoms with Crippen molar-refractivity contribution in [3.8, 4) is 0 Å². The van der Waals surface area contributed by atoms with Gasteiger partial charge in [0.15, 0.2) is 6.10 Å². The van der Waals surface area contributed by atoms with Crippen LogP contribution in [0.2, 0.25) is 0 Å². The highest BCUT2D eigenvalue weighted by Crippen LogP contribution is 2.18. The quantitative estimate of drug-likeness (QED) is 0.0261. The zero-order valence-electron chi connectivity index (χ0n) is 50.8. The van der Waals surface area contributed by atoms with Gasteiger partial charge in [-0.05, 0) is 70.6 Å². The van der Waals surface area contributed by atoms with Gasteiger partial charge in [0, 0.05) is 19.3 Å². The van der Waals surface area contributed by atoms with Crippen LogP contribution in [0.3, 0.4) is 0 Å². The summed E-state index contributed by atoms with van der Waals surface area (Å²) < 4.78 is 16.9. The predicted octanol–water partition coefficient (Wildman–Crippen LogP) is 23.0. The van der Waals surface area contributed by atoms with E-state index >= 15 is 0 Å². The molecular weight excluding hydrogens is 925 g/mol. The van der Waals surface area contributed by atoms with Crippen LogP contribution in [0.1, 0.15) is 380 Å². The first-order valence-corrected chi connectivity index (χ1v) is 33.8. The molecule has 1 atom stereocenters. The molecule has 0 heterocycles. The Balaban J connectivity index is 4.17. The molecule has 0 amide bonds. The van der Waals surface area contributed by atoms with Crippen molar-refractivity contribution in [3.63, 3.8) is 0 Å². The smallest absolute Gasteiger partial charge is 0.306 e. The number of unbranched alkanes of at least 4 members (excludes halogenated alkanes) is 48. The number of carbonyl (C=O) groups excluding carboxylic acids is 3. The van der Waals surface area contributed by atoms with Gasteiger partial charge in [-0.15, -0.1) is 0 Å². The van der Waals surface area contributed by atoms with E-state index < -0.39 is 6.10 Å². The van der Waals surface area contributed by atoms with E-state index in [0.717, 1.165) is 70.6 Å². The molecule has 75 heavy (non-hydrogen) atoms. The molecule has 0 aliphatic carbocycles. The summed E-state index contributed by atoms with van der Waals surface area (Å²) in [6.07, 6.45) is 77.8. The standard InChI is InChI=1S/C69H130O6/c1-4-7-10-13-16-19-22-25-28-29-30-31-32-33-34-35-36-37-38-39-40-42-44-47-50-53-56-59-62-68(71)74-65-66(64-73-67(70)61-58-55-52-49-46-43-27-24-21-18-15-12-9-6-3)75-69(72)63-60-57-54-51-48-45-41-26-23-20-17-14-11-8-5-2/h24,26-27,41,66H,4-23,25,28-40,42-65H2,1-3H3/b27-24-,41-26-. The number of esters is 3. The summed E-state index contributed by atoms with van der Waals surface area (Å²) in [4.78, 5) is 38.3. The molecule has 0 spiro atoms. The van der Waals surface area contributed by atoms with Gasteiger partial charge in [-0.25, -0.2) is 0 Å². The molecule has 0 saturated heterocycles. The lowest BCUT2D eigenvalue weighted by Gasteiger charge is -2.18. The number of hydrogen-bond acceptors (Lipinski definition) is 6. The van der Waals surface area contributed by atoms with Crippen LogP contribution in [-0.2, 0) is 28.6 Å². The highest BCUT2D eigenvalue weighted by atomic mass is 16.6. The lowest BCUT2D eigenvalue weighted by molar-refractivity contribution is -0.167. The van der Waals surface area contributed by atoms with Crippen molar-refractivity contribution in [3.05, 3.63) is 24.3 Å². The highest BCUT2D eigenvalue weighted by Gasteiger charge is 2.19. The Bertz CT molecular complexity index is 1210. The summed E-state index contributed by atoms with van der Waals surface area (Å²) in [7, 11) is 0. The third-order valence-corrected chi connectivity index (χ3v) is 15.4. The summed E-state index contributed by atoms with van der Waals surface area (Å²) in [5.74, 6) is -0.864. The maximum absolute atomic E-state index is 12.9. The van der Waals surface area contributed by atoms with Gasteiger partial charge >= 0.3 is 17.9 Å². The molecule has 0 aliphatic heterocycles. The molecule has 442 valence electrons. The minimum atomic E-state index is -0.776. The first-order chi connectivity index (χ1) is 37.0. The van der Waals surface area contributed by atoms with E-state index in [4.69, 9.17) is 14.2 Å². The van der Waals surface area contributed by atoms with E-state index in [2.05, 4.69) is 45.1 Å². The summed E-state index contributed by atoms with van der Waals surface area (Å²) in [6.45, 7) is 6.68. The molecule has 0 bridgehead atoms. The minimum absolute atomic E-state index is 0.0724. The zero-order valence-corrected chi connectivity index (χ0v) is 50.8. The van der Waals surface area contributed by atoms with Crippen molar-refractivity contribution in [2.75, 3.05) is 13.2 Å². The third kappa shape index (κ3) is 62.6. The molecule has 0 radical (unpaired) electrons. The largest absolute Gasteiger partial charge is 0.462 e. The van der Waals surface area contributed by atoms with Crippen LogP contribution < -0.4 is 0 Å². The van der Waals surface area contributed by atoms with E-state index in [9.17, 15) is 14.4 Å². The molecule has 0 fully saturated rings. The van der Waals surface area contributed by atoms with Crippen molar-refractivity contribution in [2.45, 2.75) is 386 Å². The van der Waals surface area contributed by atoms with Gasteiger partial charge in [-0.3, -0.25) is 14.4 Å². The first-order valence-electron chi connectivity index (χ1n) is 33.8. The Labute approximate surface area is 468 Å². The van der Waals surface area contributed by atoms with Crippen LogP contribution >= 0.6 is 0 Å². The molecule has 0 aromatic heterocycles. The van der Waals surface area contributed by atoms with Crippen molar-refractivity contribution >= 4 is 17.9 Å². The summed E-state index contributed by atoms with van der Waals surface area (Å²) in [6, 6.07) is 0. The summed E-state index contributed by atoms with van der Waals surface area (Å²) in [5, 5.41) is 0. The molecular formula is C69H130O6.